The van der Waals surface area contributed by atoms with Crippen LogP contribution in [0, 0.1) is 11.7 Å². The van der Waals surface area contributed by atoms with Crippen LogP contribution >= 0.6 is 15.9 Å². The number of nitrogens with zero attached hydrogens (tertiary/aromatic N) is 2. The van der Waals surface area contributed by atoms with Gasteiger partial charge in [-0.25, -0.2) is 4.39 Å². The third-order valence-electron chi connectivity index (χ3n) is 5.24. The van der Waals surface area contributed by atoms with Crippen molar-refractivity contribution in [3.8, 4) is 0 Å². The minimum Gasteiger partial charge on any atom is -0.378 e. The molecule has 2 saturated heterocycles. The number of amides is 2. The van der Waals surface area contributed by atoms with Crippen molar-refractivity contribution in [1.82, 2.24) is 9.80 Å². The first kappa shape index (κ1) is 20.2. The zero-order valence-corrected chi connectivity index (χ0v) is 17.0. The van der Waals surface area contributed by atoms with E-state index in [-0.39, 0.29) is 23.4 Å². The highest BCUT2D eigenvalue weighted by atomic mass is 79.9. The van der Waals surface area contributed by atoms with Gasteiger partial charge in [0.1, 0.15) is 5.82 Å². The zero-order chi connectivity index (χ0) is 19.4. The van der Waals surface area contributed by atoms with Crippen LogP contribution in [0.3, 0.4) is 0 Å². The van der Waals surface area contributed by atoms with Gasteiger partial charge in [0.2, 0.25) is 11.8 Å². The molecule has 8 heteroatoms. The van der Waals surface area contributed by atoms with Crippen molar-refractivity contribution >= 4 is 33.4 Å². The number of benzene rings is 1. The summed E-state index contributed by atoms with van der Waals surface area (Å²) < 4.78 is 19.9. The summed E-state index contributed by atoms with van der Waals surface area (Å²) in [4.78, 5) is 29.2. The van der Waals surface area contributed by atoms with Gasteiger partial charge in [0.25, 0.3) is 0 Å². The van der Waals surface area contributed by atoms with Crippen molar-refractivity contribution in [2.75, 3.05) is 44.7 Å². The fraction of sp³-hybridized carbons (Fsp3) is 0.579. The van der Waals surface area contributed by atoms with Crippen molar-refractivity contribution in [2.24, 2.45) is 5.92 Å². The van der Waals surface area contributed by atoms with Gasteiger partial charge in [0.15, 0.2) is 0 Å². The molecular weight excluding hydrogens is 417 g/mol. The lowest BCUT2D eigenvalue weighted by Gasteiger charge is -2.38. The largest absolute Gasteiger partial charge is 0.378 e. The molecule has 3 rings (SSSR count). The first-order valence-corrected chi connectivity index (χ1v) is 10.1. The van der Waals surface area contributed by atoms with Gasteiger partial charge < -0.3 is 15.0 Å². The third kappa shape index (κ3) is 5.06. The number of carbonyl (C=O) groups is 2. The quantitative estimate of drug-likeness (QED) is 0.779. The van der Waals surface area contributed by atoms with Crippen LogP contribution in [0.15, 0.2) is 22.7 Å². The Morgan fingerprint density at radius 3 is 2.74 bits per heavy atom. The smallest absolute Gasteiger partial charge is 0.241 e. The number of ether oxygens (including phenoxy) is 1. The van der Waals surface area contributed by atoms with Gasteiger partial charge in [-0.15, -0.1) is 0 Å². The van der Waals surface area contributed by atoms with E-state index in [9.17, 15) is 14.0 Å². The second kappa shape index (κ2) is 9.12. The van der Waals surface area contributed by atoms with E-state index in [2.05, 4.69) is 21.2 Å². The van der Waals surface area contributed by atoms with E-state index >= 15 is 0 Å². The fourth-order valence-electron chi connectivity index (χ4n) is 3.60. The lowest BCUT2D eigenvalue weighted by atomic mass is 9.95. The molecule has 27 heavy (non-hydrogen) atoms. The molecule has 2 aliphatic heterocycles. The molecule has 0 spiro atoms. The van der Waals surface area contributed by atoms with Crippen LogP contribution in [-0.2, 0) is 14.3 Å². The molecule has 2 atom stereocenters. The number of anilines is 1. The van der Waals surface area contributed by atoms with Crippen molar-refractivity contribution in [3.05, 3.63) is 28.5 Å². The van der Waals surface area contributed by atoms with Crippen LogP contribution < -0.4 is 5.32 Å². The summed E-state index contributed by atoms with van der Waals surface area (Å²) in [6, 6.07) is 4.10. The van der Waals surface area contributed by atoms with E-state index in [0.29, 0.717) is 37.3 Å². The van der Waals surface area contributed by atoms with Crippen LogP contribution in [0.5, 0.6) is 0 Å². The van der Waals surface area contributed by atoms with Gasteiger partial charge in [0, 0.05) is 24.1 Å². The number of hydrogen-bond donors (Lipinski definition) is 1. The topological polar surface area (TPSA) is 61.9 Å². The average Bonchev–Trinajstić information content (AvgIpc) is 2.69. The van der Waals surface area contributed by atoms with Crippen LogP contribution in [0.2, 0.25) is 0 Å². The maximum Gasteiger partial charge on any atom is 0.241 e. The maximum absolute atomic E-state index is 14.0. The molecule has 2 unspecified atom stereocenters. The predicted octanol–water partition coefficient (Wildman–Crippen LogP) is 2.49. The van der Waals surface area contributed by atoms with Crippen molar-refractivity contribution in [3.63, 3.8) is 0 Å². The van der Waals surface area contributed by atoms with Gasteiger partial charge in [-0.2, -0.15) is 0 Å². The minimum atomic E-state index is -0.482. The minimum absolute atomic E-state index is 0.100. The molecule has 1 aromatic carbocycles. The van der Waals surface area contributed by atoms with Crippen molar-refractivity contribution < 1.29 is 18.7 Å². The average molecular weight is 442 g/mol. The fourth-order valence-corrected chi connectivity index (χ4v) is 3.93. The molecule has 2 heterocycles. The Bertz CT molecular complexity index is 697. The molecular formula is C19H25BrFN3O3. The summed E-state index contributed by atoms with van der Waals surface area (Å²) in [6.07, 6.45) is 1.70. The molecule has 0 aromatic heterocycles. The summed E-state index contributed by atoms with van der Waals surface area (Å²) in [5, 5.41) is 2.65. The van der Waals surface area contributed by atoms with E-state index in [1.165, 1.54) is 12.1 Å². The first-order valence-electron chi connectivity index (χ1n) is 9.32. The number of morpholine rings is 1. The predicted molar refractivity (Wildman–Crippen MR) is 104 cm³/mol. The Morgan fingerprint density at radius 2 is 2.04 bits per heavy atom. The first-order chi connectivity index (χ1) is 13.0. The maximum atomic E-state index is 14.0. The van der Waals surface area contributed by atoms with Gasteiger partial charge >= 0.3 is 0 Å². The molecule has 2 amide bonds. The molecule has 0 radical (unpaired) electrons. The summed E-state index contributed by atoms with van der Waals surface area (Å²) in [7, 11) is 0. The standard InChI is InChI=1S/C19H25BrFN3O3/c1-13(18(25)22-17-5-4-15(20)11-16(17)21)24-6-2-3-14(12-24)19(26)23-7-9-27-10-8-23/h4-5,11,13-14H,2-3,6-10,12H2,1H3,(H,22,25). The third-order valence-corrected chi connectivity index (χ3v) is 5.73. The highest BCUT2D eigenvalue weighted by Crippen LogP contribution is 2.23. The summed E-state index contributed by atoms with van der Waals surface area (Å²) >= 11 is 3.20. The van der Waals surface area contributed by atoms with Crippen molar-refractivity contribution in [2.45, 2.75) is 25.8 Å². The van der Waals surface area contributed by atoms with E-state index in [0.717, 1.165) is 19.4 Å². The Morgan fingerprint density at radius 1 is 1.30 bits per heavy atom. The highest BCUT2D eigenvalue weighted by molar-refractivity contribution is 9.10. The molecule has 2 aliphatic rings. The number of rotatable bonds is 4. The van der Waals surface area contributed by atoms with Crippen LogP contribution in [0.4, 0.5) is 10.1 Å². The Labute approximate surface area is 167 Å². The Balaban J connectivity index is 1.59. The summed E-state index contributed by atoms with van der Waals surface area (Å²) in [6.45, 7) is 5.54. The van der Waals surface area contributed by atoms with Crippen LogP contribution in [-0.4, -0.2) is 67.0 Å². The Kier molecular flexibility index (Phi) is 6.83. The van der Waals surface area contributed by atoms with Crippen LogP contribution in [0.1, 0.15) is 19.8 Å². The summed E-state index contributed by atoms with van der Waals surface area (Å²) in [5.74, 6) is -0.703. The van der Waals surface area contributed by atoms with E-state index < -0.39 is 11.9 Å². The second-order valence-corrected chi connectivity index (χ2v) is 7.98. The van der Waals surface area contributed by atoms with Gasteiger partial charge in [-0.1, -0.05) is 15.9 Å². The molecule has 0 aliphatic carbocycles. The SMILES string of the molecule is CC(C(=O)Nc1ccc(Br)cc1F)N1CCCC(C(=O)N2CCOCC2)C1. The van der Waals surface area contributed by atoms with E-state index in [4.69, 9.17) is 4.74 Å². The van der Waals surface area contributed by atoms with Gasteiger partial charge in [-0.05, 0) is 44.5 Å². The second-order valence-electron chi connectivity index (χ2n) is 7.06. The Hall–Kier alpha value is -1.51. The molecule has 0 saturated carbocycles. The molecule has 1 aromatic rings. The van der Waals surface area contributed by atoms with E-state index in [1.54, 1.807) is 13.0 Å². The number of hydrogen-bond acceptors (Lipinski definition) is 4. The number of halogens is 2. The summed E-state index contributed by atoms with van der Waals surface area (Å²) in [5.41, 5.74) is 0.160. The molecule has 6 nitrogen and oxygen atoms in total. The number of nitrogens with one attached hydrogen (secondary N) is 1. The van der Waals surface area contributed by atoms with Gasteiger partial charge in [-0.3, -0.25) is 14.5 Å². The van der Waals surface area contributed by atoms with Crippen molar-refractivity contribution in [1.29, 1.82) is 0 Å². The lowest BCUT2D eigenvalue weighted by Crippen LogP contribution is -2.52. The van der Waals surface area contributed by atoms with Crippen LogP contribution in [0.25, 0.3) is 0 Å². The van der Waals surface area contributed by atoms with E-state index in [1.807, 2.05) is 9.80 Å². The van der Waals surface area contributed by atoms with Gasteiger partial charge in [0.05, 0.1) is 30.9 Å². The zero-order valence-electron chi connectivity index (χ0n) is 15.4. The highest BCUT2D eigenvalue weighted by Gasteiger charge is 2.33. The number of carbonyl (C=O) groups excluding carboxylic acids is 2. The monoisotopic (exact) mass is 441 g/mol. The number of piperidine rings is 1. The molecule has 0 bridgehead atoms. The lowest BCUT2D eigenvalue weighted by molar-refractivity contribution is -0.142. The molecule has 148 valence electrons. The number of likely N-dealkylation sites (tertiary alicyclic amines) is 1. The molecule has 1 N–H and O–H groups in total. The molecule has 2 fully saturated rings. The normalized spacial score (nSPS) is 22.3.